The maximum atomic E-state index is 5.63. The molecule has 2 aromatic rings. The van der Waals surface area contributed by atoms with Crippen LogP contribution in [-0.4, -0.2) is 12.1 Å². The van der Waals surface area contributed by atoms with Crippen molar-refractivity contribution in [2.24, 2.45) is 5.84 Å². The van der Waals surface area contributed by atoms with Gasteiger partial charge in [0.2, 0.25) is 5.88 Å². The molecule has 2 rings (SSSR count). The lowest BCUT2D eigenvalue weighted by Gasteiger charge is -2.14. The minimum absolute atomic E-state index is 0.124. The van der Waals surface area contributed by atoms with Gasteiger partial charge in [0.05, 0.1) is 13.2 Å². The third-order valence-corrected chi connectivity index (χ3v) is 3.87. The summed E-state index contributed by atoms with van der Waals surface area (Å²) in [7, 11) is 1.61. The van der Waals surface area contributed by atoms with Gasteiger partial charge in [0.25, 0.3) is 0 Å². The standard InChI is InChI=1S/C13H17N3OS/c1-9-3-5-12(18-9)11(16-14)7-10-4-6-13(17-2)15-8-10/h3-6,8,11,16H,7,14H2,1-2H3. The Morgan fingerprint density at radius 1 is 1.39 bits per heavy atom. The van der Waals surface area contributed by atoms with E-state index in [-0.39, 0.29) is 6.04 Å². The summed E-state index contributed by atoms with van der Waals surface area (Å²) in [5.41, 5.74) is 3.99. The second-order valence-corrected chi connectivity index (χ2v) is 5.40. The summed E-state index contributed by atoms with van der Waals surface area (Å²) in [5.74, 6) is 6.26. The molecule has 1 atom stereocenters. The Kier molecular flexibility index (Phi) is 4.30. The first-order valence-corrected chi connectivity index (χ1v) is 6.56. The molecular formula is C13H17N3OS. The molecule has 0 saturated carbocycles. The Balaban J connectivity index is 2.10. The molecule has 0 aromatic carbocycles. The van der Waals surface area contributed by atoms with E-state index in [9.17, 15) is 0 Å². The highest BCUT2D eigenvalue weighted by Crippen LogP contribution is 2.25. The molecule has 18 heavy (non-hydrogen) atoms. The number of hydrazine groups is 1. The van der Waals surface area contributed by atoms with Crippen molar-refractivity contribution in [3.05, 3.63) is 45.8 Å². The zero-order valence-corrected chi connectivity index (χ0v) is 11.3. The number of aromatic nitrogens is 1. The first kappa shape index (κ1) is 13.0. The van der Waals surface area contributed by atoms with Gasteiger partial charge < -0.3 is 4.74 Å². The second-order valence-electron chi connectivity index (χ2n) is 4.08. The summed E-state index contributed by atoms with van der Waals surface area (Å²) < 4.78 is 5.04. The summed E-state index contributed by atoms with van der Waals surface area (Å²) in [6.45, 7) is 2.09. The number of methoxy groups -OCH3 is 1. The Morgan fingerprint density at radius 3 is 2.72 bits per heavy atom. The fraction of sp³-hybridized carbons (Fsp3) is 0.308. The van der Waals surface area contributed by atoms with Gasteiger partial charge in [-0.05, 0) is 31.0 Å². The van der Waals surface area contributed by atoms with Gasteiger partial charge in [-0.3, -0.25) is 11.3 Å². The van der Waals surface area contributed by atoms with Gasteiger partial charge in [-0.15, -0.1) is 11.3 Å². The molecule has 0 spiro atoms. The number of pyridine rings is 1. The van der Waals surface area contributed by atoms with Crippen LogP contribution in [0.4, 0.5) is 0 Å². The van der Waals surface area contributed by atoms with Gasteiger partial charge in [0, 0.05) is 22.0 Å². The van der Waals surface area contributed by atoms with Crippen LogP contribution < -0.4 is 16.0 Å². The van der Waals surface area contributed by atoms with Crippen LogP contribution in [0.15, 0.2) is 30.5 Å². The lowest BCUT2D eigenvalue weighted by molar-refractivity contribution is 0.397. The number of hydrogen-bond donors (Lipinski definition) is 2. The zero-order chi connectivity index (χ0) is 13.0. The first-order chi connectivity index (χ1) is 8.72. The van der Waals surface area contributed by atoms with Crippen LogP contribution in [-0.2, 0) is 6.42 Å². The summed E-state index contributed by atoms with van der Waals surface area (Å²) in [5, 5.41) is 0. The van der Waals surface area contributed by atoms with E-state index in [4.69, 9.17) is 10.6 Å². The van der Waals surface area contributed by atoms with Crippen molar-refractivity contribution in [1.82, 2.24) is 10.4 Å². The highest BCUT2D eigenvalue weighted by Gasteiger charge is 2.12. The largest absolute Gasteiger partial charge is 0.481 e. The van der Waals surface area contributed by atoms with Crippen molar-refractivity contribution >= 4 is 11.3 Å². The van der Waals surface area contributed by atoms with Crippen LogP contribution in [0, 0.1) is 6.92 Å². The van der Waals surface area contributed by atoms with E-state index < -0.39 is 0 Å². The van der Waals surface area contributed by atoms with Gasteiger partial charge in [-0.2, -0.15) is 0 Å². The van der Waals surface area contributed by atoms with Crippen LogP contribution >= 0.6 is 11.3 Å². The molecule has 96 valence electrons. The average molecular weight is 263 g/mol. The molecule has 5 heteroatoms. The molecule has 0 saturated heterocycles. The molecule has 0 aliphatic heterocycles. The van der Waals surface area contributed by atoms with E-state index in [0.717, 1.165) is 12.0 Å². The molecule has 0 aliphatic carbocycles. The Hall–Kier alpha value is -1.43. The van der Waals surface area contributed by atoms with Crippen molar-refractivity contribution in [3.8, 4) is 5.88 Å². The number of rotatable bonds is 5. The average Bonchev–Trinajstić information content (AvgIpc) is 2.83. The van der Waals surface area contributed by atoms with Gasteiger partial charge in [-0.1, -0.05) is 6.07 Å². The van der Waals surface area contributed by atoms with Crippen molar-refractivity contribution in [2.75, 3.05) is 7.11 Å². The van der Waals surface area contributed by atoms with Crippen LogP contribution in [0.2, 0.25) is 0 Å². The van der Waals surface area contributed by atoms with Crippen molar-refractivity contribution in [2.45, 2.75) is 19.4 Å². The normalized spacial score (nSPS) is 12.4. The predicted octanol–water partition coefficient (Wildman–Crippen LogP) is 2.21. The molecular weight excluding hydrogens is 246 g/mol. The summed E-state index contributed by atoms with van der Waals surface area (Å²) in [6, 6.07) is 8.22. The summed E-state index contributed by atoms with van der Waals surface area (Å²) in [4.78, 5) is 6.73. The molecule has 0 radical (unpaired) electrons. The lowest BCUT2D eigenvalue weighted by Crippen LogP contribution is -2.28. The van der Waals surface area contributed by atoms with Crippen molar-refractivity contribution in [3.63, 3.8) is 0 Å². The minimum atomic E-state index is 0.124. The molecule has 0 aliphatic rings. The summed E-state index contributed by atoms with van der Waals surface area (Å²) >= 11 is 1.76. The predicted molar refractivity (Wildman–Crippen MR) is 73.6 cm³/mol. The maximum Gasteiger partial charge on any atom is 0.212 e. The highest BCUT2D eigenvalue weighted by molar-refractivity contribution is 7.12. The SMILES string of the molecule is COc1ccc(CC(NN)c2ccc(C)s2)cn1. The first-order valence-electron chi connectivity index (χ1n) is 5.74. The Labute approximate surface area is 111 Å². The summed E-state index contributed by atoms with van der Waals surface area (Å²) in [6.07, 6.45) is 2.64. The maximum absolute atomic E-state index is 5.63. The topological polar surface area (TPSA) is 60.2 Å². The number of nitrogens with two attached hydrogens (primary N) is 1. The highest BCUT2D eigenvalue weighted by atomic mass is 32.1. The van der Waals surface area contributed by atoms with Crippen molar-refractivity contribution < 1.29 is 4.74 Å². The van der Waals surface area contributed by atoms with E-state index >= 15 is 0 Å². The second kappa shape index (κ2) is 5.95. The Bertz CT molecular complexity index is 495. The van der Waals surface area contributed by atoms with Crippen LogP contribution in [0.5, 0.6) is 5.88 Å². The molecule has 0 fully saturated rings. The molecule has 3 N–H and O–H groups in total. The lowest BCUT2D eigenvalue weighted by atomic mass is 10.1. The number of nitrogens with zero attached hydrogens (tertiary/aromatic N) is 1. The number of aryl methyl sites for hydroxylation is 1. The fourth-order valence-corrected chi connectivity index (χ4v) is 2.71. The third kappa shape index (κ3) is 3.07. The molecule has 2 heterocycles. The molecule has 1 unspecified atom stereocenters. The van der Waals surface area contributed by atoms with E-state index in [0.29, 0.717) is 5.88 Å². The Morgan fingerprint density at radius 2 is 2.22 bits per heavy atom. The number of hydrogen-bond acceptors (Lipinski definition) is 5. The smallest absolute Gasteiger partial charge is 0.212 e. The van der Waals surface area contributed by atoms with Crippen LogP contribution in [0.1, 0.15) is 21.4 Å². The van der Waals surface area contributed by atoms with E-state index in [2.05, 4.69) is 29.5 Å². The van der Waals surface area contributed by atoms with E-state index in [1.807, 2.05) is 18.3 Å². The van der Waals surface area contributed by atoms with Gasteiger partial charge >= 0.3 is 0 Å². The molecule has 4 nitrogen and oxygen atoms in total. The fourth-order valence-electron chi connectivity index (χ4n) is 1.77. The minimum Gasteiger partial charge on any atom is -0.481 e. The number of thiophene rings is 1. The van der Waals surface area contributed by atoms with E-state index in [1.54, 1.807) is 18.4 Å². The molecule has 2 aromatic heterocycles. The zero-order valence-electron chi connectivity index (χ0n) is 10.5. The van der Waals surface area contributed by atoms with Crippen molar-refractivity contribution in [1.29, 1.82) is 0 Å². The van der Waals surface area contributed by atoms with Crippen LogP contribution in [0.3, 0.4) is 0 Å². The van der Waals surface area contributed by atoms with Gasteiger partial charge in [0.15, 0.2) is 0 Å². The van der Waals surface area contributed by atoms with E-state index in [1.165, 1.54) is 9.75 Å². The number of ether oxygens (including phenoxy) is 1. The monoisotopic (exact) mass is 263 g/mol. The number of nitrogens with one attached hydrogen (secondary N) is 1. The third-order valence-electron chi connectivity index (χ3n) is 2.75. The molecule has 0 amide bonds. The van der Waals surface area contributed by atoms with Crippen LogP contribution in [0.25, 0.3) is 0 Å². The quantitative estimate of drug-likeness (QED) is 0.641. The van der Waals surface area contributed by atoms with Gasteiger partial charge in [0.1, 0.15) is 0 Å². The molecule has 0 bridgehead atoms. The van der Waals surface area contributed by atoms with Gasteiger partial charge in [-0.25, -0.2) is 4.98 Å².